The molecule has 0 radical (unpaired) electrons. The summed E-state index contributed by atoms with van der Waals surface area (Å²) in [4.78, 5) is 22.8. The Bertz CT molecular complexity index is 777. The molecule has 7 nitrogen and oxygen atoms in total. The number of ether oxygens (including phenoxy) is 2. The number of carbonyl (C=O) groups is 1. The fourth-order valence-electron chi connectivity index (χ4n) is 5.57. The van der Waals surface area contributed by atoms with Crippen LogP contribution in [0.1, 0.15) is 58.7 Å². The summed E-state index contributed by atoms with van der Waals surface area (Å²) in [6.07, 6.45) is 7.22. The van der Waals surface area contributed by atoms with Gasteiger partial charge < -0.3 is 14.8 Å². The number of nitrogens with one attached hydrogen (secondary N) is 1. The van der Waals surface area contributed by atoms with Crippen LogP contribution < -0.4 is 5.32 Å². The van der Waals surface area contributed by atoms with Crippen LogP contribution >= 0.6 is 0 Å². The quantitative estimate of drug-likeness (QED) is 0.710. The third kappa shape index (κ3) is 4.55. The van der Waals surface area contributed by atoms with E-state index in [1.165, 1.54) is 19.5 Å². The van der Waals surface area contributed by atoms with E-state index in [-0.39, 0.29) is 35.7 Å². The van der Waals surface area contributed by atoms with Gasteiger partial charge in [-0.05, 0) is 57.4 Å². The number of carbonyl (C=O) groups excluding carboxylic acids is 1. The predicted molar refractivity (Wildman–Crippen MR) is 114 cm³/mol. The second kappa shape index (κ2) is 8.98. The largest absolute Gasteiger partial charge is 0.453 e. The monoisotopic (exact) mass is 434 g/mol. The zero-order valence-electron chi connectivity index (χ0n) is 19.0. The Balaban J connectivity index is 1.36. The molecule has 2 heterocycles. The van der Waals surface area contributed by atoms with Crippen molar-refractivity contribution >= 4 is 6.09 Å². The number of fused-ring (bicyclic) bond motifs is 1. The van der Waals surface area contributed by atoms with Gasteiger partial charge in [0.15, 0.2) is 5.82 Å². The number of nitrogens with zero attached hydrogens (tertiary/aromatic N) is 3. The molecule has 1 N–H and O–H groups in total. The van der Waals surface area contributed by atoms with Gasteiger partial charge in [-0.25, -0.2) is 19.2 Å². The number of halogens is 1. The second-order valence-corrected chi connectivity index (χ2v) is 9.95. The maximum Gasteiger partial charge on any atom is 0.410 e. The summed E-state index contributed by atoms with van der Waals surface area (Å²) in [5.41, 5.74) is 0.00877. The molecule has 8 heteroatoms. The molecule has 1 aromatic rings. The van der Waals surface area contributed by atoms with Gasteiger partial charge in [-0.2, -0.15) is 0 Å². The molecule has 6 atom stereocenters. The summed E-state index contributed by atoms with van der Waals surface area (Å²) in [6, 6.07) is 0.281. The normalized spacial score (nSPS) is 34.6. The van der Waals surface area contributed by atoms with Gasteiger partial charge in [-0.15, -0.1) is 0 Å². The van der Waals surface area contributed by atoms with E-state index in [9.17, 15) is 9.18 Å². The van der Waals surface area contributed by atoms with Gasteiger partial charge in [0.2, 0.25) is 0 Å². The number of hydrogen-bond acceptors (Lipinski definition) is 6. The van der Waals surface area contributed by atoms with Crippen molar-refractivity contribution in [2.24, 2.45) is 11.8 Å². The molecule has 0 aromatic carbocycles. The Morgan fingerprint density at radius 3 is 2.74 bits per heavy atom. The van der Waals surface area contributed by atoms with E-state index in [2.05, 4.69) is 36.1 Å². The van der Waals surface area contributed by atoms with Crippen molar-refractivity contribution in [3.8, 4) is 0 Å². The average molecular weight is 435 g/mol. The first kappa shape index (κ1) is 22.4. The standard InChI is InChI=1S/C23H35FN4O3/c1-14(2)10-25-19-7-15(3)28(22(29)30-4)20(19)13-31-18-5-6-23(9-16(23)8-18)21-26-11-17(24)12-27-21/h11-12,14-16,18-20,25H,5-10,13H2,1-4H3/t15-,16+,18-,19+,20+,23+/m1/s1. The maximum atomic E-state index is 13.2. The summed E-state index contributed by atoms with van der Waals surface area (Å²) in [5, 5.41) is 3.63. The molecular weight excluding hydrogens is 399 g/mol. The Kier molecular flexibility index (Phi) is 6.49. The number of aromatic nitrogens is 2. The molecule has 4 rings (SSSR count). The van der Waals surface area contributed by atoms with E-state index in [4.69, 9.17) is 9.47 Å². The highest BCUT2D eigenvalue weighted by atomic mass is 19.1. The average Bonchev–Trinajstić information content (AvgIpc) is 3.40. The highest BCUT2D eigenvalue weighted by Gasteiger charge is 2.60. The Labute approximate surface area is 184 Å². The first-order chi connectivity index (χ1) is 14.8. The fraction of sp³-hybridized carbons (Fsp3) is 0.783. The molecule has 0 spiro atoms. The van der Waals surface area contributed by atoms with Gasteiger partial charge >= 0.3 is 6.09 Å². The molecular formula is C23H35FN4O3. The summed E-state index contributed by atoms with van der Waals surface area (Å²) >= 11 is 0. The van der Waals surface area contributed by atoms with Crippen LogP contribution in [0, 0.1) is 17.7 Å². The van der Waals surface area contributed by atoms with Gasteiger partial charge in [0.25, 0.3) is 0 Å². The molecule has 1 saturated heterocycles. The predicted octanol–water partition coefficient (Wildman–Crippen LogP) is 3.29. The van der Waals surface area contributed by atoms with Crippen LogP contribution in [0.3, 0.4) is 0 Å². The van der Waals surface area contributed by atoms with Gasteiger partial charge in [0, 0.05) is 17.5 Å². The molecule has 31 heavy (non-hydrogen) atoms. The van der Waals surface area contributed by atoms with Crippen molar-refractivity contribution in [2.75, 3.05) is 20.3 Å². The highest BCUT2D eigenvalue weighted by Crippen LogP contribution is 2.61. The zero-order valence-corrected chi connectivity index (χ0v) is 19.0. The van der Waals surface area contributed by atoms with Crippen LogP contribution in [0.2, 0.25) is 0 Å². The van der Waals surface area contributed by atoms with E-state index in [0.29, 0.717) is 18.4 Å². The number of amides is 1. The number of likely N-dealkylation sites (tertiary alicyclic amines) is 1. The first-order valence-corrected chi connectivity index (χ1v) is 11.5. The molecule has 3 aliphatic rings. The molecule has 1 amide bonds. The lowest BCUT2D eigenvalue weighted by molar-refractivity contribution is -0.0114. The molecule has 2 aliphatic carbocycles. The number of rotatable bonds is 7. The van der Waals surface area contributed by atoms with Crippen molar-refractivity contribution in [1.82, 2.24) is 20.2 Å². The van der Waals surface area contributed by atoms with Crippen LogP contribution in [0.4, 0.5) is 9.18 Å². The van der Waals surface area contributed by atoms with Crippen molar-refractivity contribution < 1.29 is 18.7 Å². The van der Waals surface area contributed by atoms with Crippen LogP contribution in [-0.4, -0.2) is 65.5 Å². The SMILES string of the molecule is COC(=O)N1[C@H](C)C[C@H](NCC(C)C)[C@@H]1CO[C@@H]1CC[C@]2(c3ncc(F)cn3)C[C@@H]2C1. The summed E-state index contributed by atoms with van der Waals surface area (Å²) in [5.74, 6) is 1.41. The Morgan fingerprint density at radius 2 is 2.10 bits per heavy atom. The van der Waals surface area contributed by atoms with Gasteiger partial charge in [-0.1, -0.05) is 13.8 Å². The minimum absolute atomic E-state index is 0.00877. The molecule has 1 aliphatic heterocycles. The third-order valence-corrected chi connectivity index (χ3v) is 7.33. The number of hydrogen-bond donors (Lipinski definition) is 1. The van der Waals surface area contributed by atoms with Crippen LogP contribution in [0.25, 0.3) is 0 Å². The van der Waals surface area contributed by atoms with E-state index < -0.39 is 5.82 Å². The molecule has 3 fully saturated rings. The van der Waals surface area contributed by atoms with Gasteiger partial charge in [-0.3, -0.25) is 4.90 Å². The molecule has 1 aromatic heterocycles. The van der Waals surface area contributed by atoms with Crippen molar-refractivity contribution in [3.05, 3.63) is 24.0 Å². The van der Waals surface area contributed by atoms with Gasteiger partial charge in [0.1, 0.15) is 5.82 Å². The summed E-state index contributed by atoms with van der Waals surface area (Å²) < 4.78 is 24.6. The lowest BCUT2D eigenvalue weighted by Crippen LogP contribution is -2.50. The molecule has 2 saturated carbocycles. The smallest absolute Gasteiger partial charge is 0.410 e. The molecule has 0 bridgehead atoms. The molecule has 0 unspecified atom stereocenters. The van der Waals surface area contributed by atoms with Crippen molar-refractivity contribution in [3.63, 3.8) is 0 Å². The highest BCUT2D eigenvalue weighted by molar-refractivity contribution is 5.69. The minimum atomic E-state index is -0.393. The van der Waals surface area contributed by atoms with Crippen molar-refractivity contribution in [2.45, 2.75) is 82.5 Å². The van der Waals surface area contributed by atoms with E-state index in [1.807, 2.05) is 4.90 Å². The lowest BCUT2D eigenvalue weighted by Gasteiger charge is -2.33. The van der Waals surface area contributed by atoms with Crippen LogP contribution in [0.5, 0.6) is 0 Å². The summed E-state index contributed by atoms with van der Waals surface area (Å²) in [6.45, 7) is 7.86. The first-order valence-electron chi connectivity index (χ1n) is 11.5. The van der Waals surface area contributed by atoms with Gasteiger partial charge in [0.05, 0.1) is 38.3 Å². The van der Waals surface area contributed by atoms with Crippen molar-refractivity contribution in [1.29, 1.82) is 0 Å². The number of methoxy groups -OCH3 is 1. The van der Waals surface area contributed by atoms with E-state index in [1.54, 1.807) is 0 Å². The maximum absolute atomic E-state index is 13.2. The fourth-order valence-corrected chi connectivity index (χ4v) is 5.57. The molecule has 172 valence electrons. The Morgan fingerprint density at radius 1 is 1.35 bits per heavy atom. The zero-order chi connectivity index (χ0) is 22.2. The van der Waals surface area contributed by atoms with Crippen LogP contribution in [0.15, 0.2) is 12.4 Å². The van der Waals surface area contributed by atoms with E-state index >= 15 is 0 Å². The van der Waals surface area contributed by atoms with Crippen LogP contribution in [-0.2, 0) is 14.9 Å². The lowest BCUT2D eigenvalue weighted by atomic mass is 9.86. The second-order valence-electron chi connectivity index (χ2n) is 9.95. The minimum Gasteiger partial charge on any atom is -0.453 e. The summed E-state index contributed by atoms with van der Waals surface area (Å²) in [7, 11) is 1.44. The van der Waals surface area contributed by atoms with E-state index in [0.717, 1.165) is 44.5 Å². The Hall–Kier alpha value is -1.80. The topological polar surface area (TPSA) is 76.6 Å². The third-order valence-electron chi connectivity index (χ3n) is 7.33.